The summed E-state index contributed by atoms with van der Waals surface area (Å²) in [6, 6.07) is 3.50. The van der Waals surface area contributed by atoms with Crippen LogP contribution in [-0.2, 0) is 47.7 Å². The Morgan fingerprint density at radius 2 is 1.02 bits per heavy atom. The number of ketones is 2. The SMILES string of the molecule is COC(=O)[C@@H]1C[C@H](O)C(=O)[C@@H]2[C@@]3(C)C[C@@H](c4ccoc4)OC(=O)[C@H]3CC[C@]21C.COC(=O)[C@@H]1C[C@H](O)C(=O)[C@@H]2[C@@]3(C)C[C@@H](c4ccoc4)OC(=O)[C@H]3CC[C@]21C. The van der Waals surface area contributed by atoms with Crippen molar-refractivity contribution >= 4 is 35.4 Å². The van der Waals surface area contributed by atoms with E-state index in [0.717, 1.165) is 11.1 Å². The van der Waals surface area contributed by atoms with Crippen molar-refractivity contribution in [2.45, 2.75) is 103 Å². The summed E-state index contributed by atoms with van der Waals surface area (Å²) >= 11 is 0. The predicted molar refractivity (Wildman–Crippen MR) is 191 cm³/mol. The van der Waals surface area contributed by atoms with Crippen LogP contribution in [0.5, 0.6) is 0 Å². The predicted octanol–water partition coefficient (Wildman–Crippen LogP) is 4.86. The number of hydrogen-bond donors (Lipinski definition) is 2. The van der Waals surface area contributed by atoms with Crippen LogP contribution in [0, 0.1) is 57.2 Å². The van der Waals surface area contributed by atoms with Gasteiger partial charge in [-0.15, -0.1) is 0 Å². The number of methoxy groups -OCH3 is 2. The molecule has 4 heterocycles. The Bertz CT molecular complexity index is 1730. The van der Waals surface area contributed by atoms with Crippen molar-refractivity contribution in [3.8, 4) is 0 Å². The van der Waals surface area contributed by atoms with Crippen molar-refractivity contribution in [2.75, 3.05) is 14.2 Å². The highest BCUT2D eigenvalue weighted by Gasteiger charge is 2.69. The molecule has 2 N–H and O–H groups in total. The summed E-state index contributed by atoms with van der Waals surface area (Å²) in [7, 11) is 2.65. The van der Waals surface area contributed by atoms with Crippen molar-refractivity contribution < 1.29 is 66.8 Å². The molecule has 14 nitrogen and oxygen atoms in total. The Hall–Kier alpha value is -4.30. The van der Waals surface area contributed by atoms with Gasteiger partial charge < -0.3 is 38.0 Å². The van der Waals surface area contributed by atoms with Crippen molar-refractivity contribution in [2.24, 2.45) is 57.2 Å². The molecular formula is C42H52O14. The summed E-state index contributed by atoms with van der Waals surface area (Å²) in [5, 5.41) is 21.0. The molecule has 14 atom stereocenters. The molecule has 0 amide bonds. The van der Waals surface area contributed by atoms with Crippen LogP contribution in [-0.4, -0.2) is 72.1 Å². The summed E-state index contributed by atoms with van der Waals surface area (Å²) in [5.74, 6) is -5.36. The van der Waals surface area contributed by atoms with E-state index in [1.54, 1.807) is 24.7 Å². The molecule has 14 heteroatoms. The van der Waals surface area contributed by atoms with Crippen LogP contribution in [0.1, 0.15) is 102 Å². The van der Waals surface area contributed by atoms with Crippen molar-refractivity contribution in [1.82, 2.24) is 0 Å². The molecule has 2 aromatic heterocycles. The number of cyclic esters (lactones) is 2. The number of ether oxygens (including phenoxy) is 4. The van der Waals surface area contributed by atoms with Gasteiger partial charge in [-0.25, -0.2) is 0 Å². The van der Waals surface area contributed by atoms with Gasteiger partial charge in [0.25, 0.3) is 0 Å². The van der Waals surface area contributed by atoms with Gasteiger partial charge in [0.05, 0.1) is 62.9 Å². The summed E-state index contributed by atoms with van der Waals surface area (Å²) in [6.07, 6.45) is 5.77. The van der Waals surface area contributed by atoms with Gasteiger partial charge in [-0.05, 0) is 85.2 Å². The maximum Gasteiger partial charge on any atom is 0.310 e. The van der Waals surface area contributed by atoms with Gasteiger partial charge in [0.2, 0.25) is 0 Å². The highest BCUT2D eigenvalue weighted by molar-refractivity contribution is 5.92. The third-order valence-electron chi connectivity index (χ3n) is 15.0. The van der Waals surface area contributed by atoms with Crippen molar-refractivity contribution in [1.29, 1.82) is 0 Å². The molecule has 4 saturated carbocycles. The van der Waals surface area contributed by atoms with E-state index in [9.17, 15) is 39.0 Å². The van der Waals surface area contributed by atoms with E-state index in [1.165, 1.54) is 26.7 Å². The maximum absolute atomic E-state index is 13.2. The standard InChI is InChI=1S/2C21H26O7/c2*1-20-6-4-12-19(25)28-15(11-5-7-27-10-11)9-21(12,2)17(20)16(23)14(22)8-13(20)18(24)26-3/h2*5,7,10,12-15,17,22H,4,6,8-9H2,1-3H3/t2*12-,13+,14+,15+,17+,20+,21+/m11/s1. The minimum atomic E-state index is -1.23. The molecule has 2 saturated heterocycles. The number of aliphatic hydroxyl groups excluding tert-OH is 2. The smallest absolute Gasteiger partial charge is 0.310 e. The second-order valence-corrected chi connectivity index (χ2v) is 17.9. The first kappa shape index (κ1) is 39.9. The molecule has 8 rings (SSSR count). The largest absolute Gasteiger partial charge is 0.472 e. The number of Topliss-reactive ketones (excluding diaryl/α,β-unsaturated/α-hetero) is 2. The maximum atomic E-state index is 13.2. The number of furan rings is 2. The van der Waals surface area contributed by atoms with E-state index in [4.69, 9.17) is 27.8 Å². The van der Waals surface area contributed by atoms with Crippen LogP contribution in [0.3, 0.4) is 0 Å². The third-order valence-corrected chi connectivity index (χ3v) is 15.0. The van der Waals surface area contributed by atoms with E-state index < -0.39 is 93.5 Å². The zero-order valence-corrected chi connectivity index (χ0v) is 32.7. The van der Waals surface area contributed by atoms with Crippen molar-refractivity contribution in [3.05, 3.63) is 48.3 Å². The van der Waals surface area contributed by atoms with Crippen LogP contribution in [0.4, 0.5) is 0 Å². The fourth-order valence-corrected chi connectivity index (χ4v) is 12.3. The number of rotatable bonds is 4. The first-order chi connectivity index (χ1) is 26.4. The minimum absolute atomic E-state index is 0.0643. The third kappa shape index (κ3) is 6.04. The number of esters is 4. The van der Waals surface area contributed by atoms with E-state index in [0.29, 0.717) is 38.5 Å². The molecule has 0 aromatic carbocycles. The summed E-state index contributed by atoms with van der Waals surface area (Å²) < 4.78 is 31.6. The average molecular weight is 781 g/mol. The van der Waals surface area contributed by atoms with Crippen LogP contribution >= 0.6 is 0 Å². The van der Waals surface area contributed by atoms with Gasteiger partial charge in [-0.2, -0.15) is 0 Å². The number of hydrogen-bond acceptors (Lipinski definition) is 14. The molecule has 4 aliphatic carbocycles. The second-order valence-electron chi connectivity index (χ2n) is 17.9. The van der Waals surface area contributed by atoms with E-state index >= 15 is 0 Å². The van der Waals surface area contributed by atoms with Gasteiger partial charge >= 0.3 is 23.9 Å². The van der Waals surface area contributed by atoms with Gasteiger partial charge in [-0.1, -0.05) is 27.7 Å². The molecule has 0 bridgehead atoms. The molecule has 6 aliphatic rings. The van der Waals surface area contributed by atoms with E-state index in [2.05, 4.69) is 0 Å². The second kappa shape index (κ2) is 14.3. The lowest BCUT2D eigenvalue weighted by Crippen LogP contribution is -2.64. The zero-order chi connectivity index (χ0) is 40.5. The lowest BCUT2D eigenvalue weighted by atomic mass is 9.43. The Morgan fingerprint density at radius 1 is 0.643 bits per heavy atom. The first-order valence-electron chi connectivity index (χ1n) is 19.5. The molecule has 0 radical (unpaired) electrons. The Morgan fingerprint density at radius 3 is 1.34 bits per heavy atom. The van der Waals surface area contributed by atoms with Crippen LogP contribution < -0.4 is 0 Å². The number of aliphatic hydroxyl groups is 2. The highest BCUT2D eigenvalue weighted by atomic mass is 16.6. The topological polar surface area (TPSA) is 206 Å². The minimum Gasteiger partial charge on any atom is -0.472 e. The summed E-state index contributed by atoms with van der Waals surface area (Å²) in [4.78, 5) is 77.2. The Kier molecular flexibility index (Phi) is 10.2. The van der Waals surface area contributed by atoms with Crippen LogP contribution in [0.15, 0.2) is 46.0 Å². The fraction of sp³-hybridized carbons (Fsp3) is 0.667. The fourth-order valence-electron chi connectivity index (χ4n) is 12.3. The lowest BCUT2D eigenvalue weighted by molar-refractivity contribution is -0.209. The molecule has 0 unspecified atom stereocenters. The van der Waals surface area contributed by atoms with Gasteiger partial charge in [0.1, 0.15) is 24.4 Å². The molecule has 56 heavy (non-hydrogen) atoms. The van der Waals surface area contributed by atoms with E-state index in [1.807, 2.05) is 27.7 Å². The van der Waals surface area contributed by atoms with Crippen molar-refractivity contribution in [3.63, 3.8) is 0 Å². The number of carbonyl (C=O) groups excluding carboxylic acids is 6. The molecule has 304 valence electrons. The molecule has 2 aromatic rings. The highest BCUT2D eigenvalue weighted by Crippen LogP contribution is 2.66. The molecule has 2 aliphatic heterocycles. The normalized spacial score (nSPS) is 42.9. The quantitative estimate of drug-likeness (QED) is 0.314. The lowest BCUT2D eigenvalue weighted by Gasteiger charge is -2.60. The van der Waals surface area contributed by atoms with Gasteiger partial charge in [0, 0.05) is 23.0 Å². The van der Waals surface area contributed by atoms with E-state index in [-0.39, 0.29) is 36.3 Å². The first-order valence-corrected chi connectivity index (χ1v) is 19.5. The summed E-state index contributed by atoms with van der Waals surface area (Å²) in [6.45, 7) is 7.71. The molecule has 0 spiro atoms. The van der Waals surface area contributed by atoms with Gasteiger partial charge in [-0.3, -0.25) is 28.8 Å². The van der Waals surface area contributed by atoms with Gasteiger partial charge in [0.15, 0.2) is 11.6 Å². The number of fused-ring (bicyclic) bond motifs is 6. The summed E-state index contributed by atoms with van der Waals surface area (Å²) in [5.41, 5.74) is -1.31. The molecule has 6 fully saturated rings. The average Bonchev–Trinajstić information content (AvgIpc) is 3.89. The Balaban J connectivity index is 0.000000172. The van der Waals surface area contributed by atoms with Crippen LogP contribution in [0.2, 0.25) is 0 Å². The Labute approximate surface area is 324 Å². The monoisotopic (exact) mass is 780 g/mol. The molecular weight excluding hydrogens is 728 g/mol. The van der Waals surface area contributed by atoms with Crippen LogP contribution in [0.25, 0.3) is 0 Å². The zero-order valence-electron chi connectivity index (χ0n) is 32.7. The number of carbonyl (C=O) groups is 6.